The van der Waals surface area contributed by atoms with E-state index in [4.69, 9.17) is 0 Å². The summed E-state index contributed by atoms with van der Waals surface area (Å²) in [5.74, 6) is 1.19. The molecule has 3 aromatic rings. The molecule has 0 saturated heterocycles. The van der Waals surface area contributed by atoms with Gasteiger partial charge in [0.1, 0.15) is 11.6 Å². The van der Waals surface area contributed by atoms with E-state index in [9.17, 15) is 13.5 Å². The lowest BCUT2D eigenvalue weighted by Gasteiger charge is -2.13. The third kappa shape index (κ3) is 4.63. The maximum Gasteiger partial charge on any atom is 0.206 e. The van der Waals surface area contributed by atoms with Crippen LogP contribution in [0, 0.1) is 6.92 Å². The van der Waals surface area contributed by atoms with Crippen molar-refractivity contribution in [1.29, 1.82) is 0 Å². The fourth-order valence-electron chi connectivity index (χ4n) is 2.42. The molecule has 0 aliphatic rings. The third-order valence-electron chi connectivity index (χ3n) is 3.70. The number of hydrogen-bond donors (Lipinski definition) is 4. The first-order valence-corrected chi connectivity index (χ1v) is 9.86. The van der Waals surface area contributed by atoms with E-state index in [1.807, 2.05) is 6.92 Å². The van der Waals surface area contributed by atoms with Crippen LogP contribution in [-0.2, 0) is 9.84 Å². The molecule has 2 aromatic heterocycles. The predicted molar refractivity (Wildman–Crippen MR) is 103 cm³/mol. The van der Waals surface area contributed by atoms with Crippen molar-refractivity contribution in [1.82, 2.24) is 15.2 Å². The summed E-state index contributed by atoms with van der Waals surface area (Å²) in [5.41, 5.74) is 0.859. The van der Waals surface area contributed by atoms with Crippen LogP contribution in [0.2, 0.25) is 0 Å². The number of nitrogens with zero attached hydrogens (tertiary/aromatic N) is 2. The minimum atomic E-state index is -3.72. The maximum atomic E-state index is 13.0. The minimum absolute atomic E-state index is 0.0894. The number of sulfone groups is 1. The fraction of sp³-hybridized carbons (Fsp3) is 0.222. The Kier molecular flexibility index (Phi) is 5.43. The number of H-pyrrole nitrogens is 1. The molecule has 27 heavy (non-hydrogen) atoms. The summed E-state index contributed by atoms with van der Waals surface area (Å²) in [5, 5.41) is 22.3. The van der Waals surface area contributed by atoms with Crippen molar-refractivity contribution in [3.05, 3.63) is 54.2 Å². The van der Waals surface area contributed by atoms with Gasteiger partial charge in [0.05, 0.1) is 15.9 Å². The number of aliphatic hydroxyl groups is 1. The molecule has 0 bridgehead atoms. The Balaban J connectivity index is 2.01. The van der Waals surface area contributed by atoms with E-state index < -0.39 is 15.9 Å². The summed E-state index contributed by atoms with van der Waals surface area (Å²) in [4.78, 5) is 4.65. The van der Waals surface area contributed by atoms with Crippen molar-refractivity contribution in [2.45, 2.75) is 29.7 Å². The van der Waals surface area contributed by atoms with Gasteiger partial charge in [-0.25, -0.2) is 13.4 Å². The Hall–Kier alpha value is -2.91. The highest BCUT2D eigenvalue weighted by atomic mass is 32.2. The van der Waals surface area contributed by atoms with E-state index in [2.05, 4.69) is 25.8 Å². The topological polar surface area (TPSA) is 120 Å². The number of nitrogens with one attached hydrogen (secondary N) is 3. The van der Waals surface area contributed by atoms with E-state index in [1.165, 1.54) is 12.1 Å². The van der Waals surface area contributed by atoms with Gasteiger partial charge in [-0.05, 0) is 32.0 Å². The summed E-state index contributed by atoms with van der Waals surface area (Å²) < 4.78 is 26.0. The Labute approximate surface area is 157 Å². The Morgan fingerprint density at radius 2 is 1.78 bits per heavy atom. The van der Waals surface area contributed by atoms with Crippen LogP contribution >= 0.6 is 0 Å². The van der Waals surface area contributed by atoms with Gasteiger partial charge in [0.2, 0.25) is 9.84 Å². The number of rotatable bonds is 7. The summed E-state index contributed by atoms with van der Waals surface area (Å²) in [6.07, 6.45) is -0.605. The molecule has 0 aliphatic heterocycles. The molecule has 8 nitrogen and oxygen atoms in total. The zero-order chi connectivity index (χ0) is 19.4. The molecular formula is C18H21N5O3S. The minimum Gasteiger partial charge on any atom is -0.392 e. The quantitative estimate of drug-likeness (QED) is 0.491. The average Bonchev–Trinajstić information content (AvgIpc) is 3.05. The normalized spacial score (nSPS) is 12.6. The number of pyridine rings is 1. The second-order valence-corrected chi connectivity index (χ2v) is 8.13. The van der Waals surface area contributed by atoms with Crippen molar-refractivity contribution in [2.24, 2.45) is 0 Å². The Morgan fingerprint density at radius 1 is 1.07 bits per heavy atom. The number of aromatic amines is 1. The van der Waals surface area contributed by atoms with Crippen LogP contribution < -0.4 is 10.6 Å². The largest absolute Gasteiger partial charge is 0.392 e. The van der Waals surface area contributed by atoms with Crippen molar-refractivity contribution in [3.8, 4) is 0 Å². The van der Waals surface area contributed by atoms with Gasteiger partial charge in [-0.15, -0.1) is 0 Å². The molecule has 0 unspecified atom stereocenters. The van der Waals surface area contributed by atoms with Crippen molar-refractivity contribution >= 4 is 27.3 Å². The molecule has 2 heterocycles. The monoisotopic (exact) mass is 387 g/mol. The molecule has 4 N–H and O–H groups in total. The van der Waals surface area contributed by atoms with Gasteiger partial charge in [-0.3, -0.25) is 5.10 Å². The molecule has 3 rings (SSSR count). The first-order chi connectivity index (χ1) is 12.8. The van der Waals surface area contributed by atoms with Crippen LogP contribution in [0.5, 0.6) is 0 Å². The fourth-order valence-corrected chi connectivity index (χ4v) is 3.74. The van der Waals surface area contributed by atoms with Gasteiger partial charge < -0.3 is 15.7 Å². The van der Waals surface area contributed by atoms with Crippen LogP contribution in [0.15, 0.2) is 58.3 Å². The van der Waals surface area contributed by atoms with Gasteiger partial charge in [-0.2, -0.15) is 5.10 Å². The summed E-state index contributed by atoms with van der Waals surface area (Å²) in [6, 6.07) is 12.9. The Bertz CT molecular complexity index is 1020. The number of hydrogen-bond acceptors (Lipinski definition) is 7. The van der Waals surface area contributed by atoms with E-state index in [1.54, 1.807) is 43.3 Å². The summed E-state index contributed by atoms with van der Waals surface area (Å²) in [7, 11) is -3.72. The lowest BCUT2D eigenvalue weighted by molar-refractivity contribution is 0.208. The van der Waals surface area contributed by atoms with Gasteiger partial charge in [0.25, 0.3) is 0 Å². The average molecular weight is 387 g/mol. The van der Waals surface area contributed by atoms with E-state index in [0.29, 0.717) is 17.5 Å². The first-order valence-electron chi connectivity index (χ1n) is 8.38. The van der Waals surface area contributed by atoms with Crippen molar-refractivity contribution in [3.63, 3.8) is 0 Å². The van der Waals surface area contributed by atoms with Gasteiger partial charge >= 0.3 is 0 Å². The molecule has 0 aliphatic carbocycles. The molecule has 0 saturated carbocycles. The van der Waals surface area contributed by atoms with Crippen LogP contribution in [0.25, 0.3) is 0 Å². The van der Waals surface area contributed by atoms with Crippen LogP contribution in [0.1, 0.15) is 12.6 Å². The zero-order valence-corrected chi connectivity index (χ0v) is 15.8. The number of anilines is 3. The number of aryl methyl sites for hydroxylation is 1. The SMILES string of the molecule is Cc1cc(Nc2cc(S(=O)(=O)c3ccccc3)cc(NC[C@@H](C)O)n2)n[nH]1. The number of benzene rings is 1. The van der Waals surface area contributed by atoms with Crippen molar-refractivity contribution in [2.75, 3.05) is 17.2 Å². The van der Waals surface area contributed by atoms with E-state index >= 15 is 0 Å². The van der Waals surface area contributed by atoms with Crippen LogP contribution in [0.3, 0.4) is 0 Å². The molecule has 0 radical (unpaired) electrons. The lowest BCUT2D eigenvalue weighted by atomic mass is 10.3. The van der Waals surface area contributed by atoms with E-state index in [-0.39, 0.29) is 16.3 Å². The molecule has 1 atom stereocenters. The molecule has 142 valence electrons. The lowest BCUT2D eigenvalue weighted by Crippen LogP contribution is -2.17. The smallest absolute Gasteiger partial charge is 0.206 e. The Morgan fingerprint density at radius 3 is 2.41 bits per heavy atom. The standard InChI is InChI=1S/C18H21N5O3S/c1-12-8-18(23-22-12)21-17-10-15(9-16(20-17)19-11-13(2)24)27(25,26)14-6-4-3-5-7-14/h3-10,13,24H,11H2,1-2H3,(H3,19,20,21,22,23)/t13-/m1/s1. The van der Waals surface area contributed by atoms with E-state index in [0.717, 1.165) is 5.69 Å². The van der Waals surface area contributed by atoms with Gasteiger partial charge in [0, 0.05) is 24.4 Å². The van der Waals surface area contributed by atoms with Crippen LogP contribution in [0.4, 0.5) is 17.5 Å². The predicted octanol–water partition coefficient (Wildman–Crippen LogP) is 2.48. The highest BCUT2D eigenvalue weighted by Gasteiger charge is 2.20. The van der Waals surface area contributed by atoms with Gasteiger partial charge in [-0.1, -0.05) is 18.2 Å². The zero-order valence-electron chi connectivity index (χ0n) is 15.0. The second-order valence-electron chi connectivity index (χ2n) is 6.18. The molecule has 9 heteroatoms. The first kappa shape index (κ1) is 18.9. The number of aromatic nitrogens is 3. The molecule has 1 aromatic carbocycles. The number of aliphatic hydroxyl groups excluding tert-OH is 1. The molecule has 0 spiro atoms. The summed E-state index contributed by atoms with van der Waals surface area (Å²) in [6.45, 7) is 3.73. The van der Waals surface area contributed by atoms with Crippen LogP contribution in [-0.4, -0.2) is 41.4 Å². The third-order valence-corrected chi connectivity index (χ3v) is 5.45. The van der Waals surface area contributed by atoms with Gasteiger partial charge in [0.15, 0.2) is 5.82 Å². The maximum absolute atomic E-state index is 13.0. The highest BCUT2D eigenvalue weighted by Crippen LogP contribution is 2.26. The summed E-state index contributed by atoms with van der Waals surface area (Å²) >= 11 is 0. The molecule has 0 amide bonds. The molecule has 0 fully saturated rings. The van der Waals surface area contributed by atoms with Crippen molar-refractivity contribution < 1.29 is 13.5 Å². The highest BCUT2D eigenvalue weighted by molar-refractivity contribution is 7.91. The molecular weight excluding hydrogens is 366 g/mol. The second kappa shape index (κ2) is 7.77.